The number of nitrogens with one attached hydrogen (secondary N) is 1. The highest BCUT2D eigenvalue weighted by Crippen LogP contribution is 2.20. The highest BCUT2D eigenvalue weighted by Gasteiger charge is 2.30. The van der Waals surface area contributed by atoms with Crippen molar-refractivity contribution in [2.75, 3.05) is 31.5 Å². The zero-order chi connectivity index (χ0) is 15.4. The van der Waals surface area contributed by atoms with E-state index >= 15 is 0 Å². The van der Waals surface area contributed by atoms with Gasteiger partial charge >= 0.3 is 0 Å². The molecule has 1 aliphatic heterocycles. The third-order valence-corrected chi connectivity index (χ3v) is 4.51. The van der Waals surface area contributed by atoms with E-state index in [2.05, 4.69) is 29.0 Å². The summed E-state index contributed by atoms with van der Waals surface area (Å²) < 4.78 is 0. The maximum absolute atomic E-state index is 12.6. The Morgan fingerprint density at radius 2 is 2.19 bits per heavy atom. The highest BCUT2D eigenvalue weighted by atomic mass is 32.1. The lowest BCUT2D eigenvalue weighted by Crippen LogP contribution is -2.54. The molecule has 1 aliphatic rings. The SMILES string of the molecule is CCC1CN(CC)CCN1C(=O)c1csc(NC(C)=O)n1. The van der Waals surface area contributed by atoms with Gasteiger partial charge < -0.3 is 10.2 Å². The third kappa shape index (κ3) is 3.79. The molecule has 116 valence electrons. The number of thiazole rings is 1. The molecule has 1 N–H and O–H groups in total. The first-order chi connectivity index (χ1) is 10.0. The van der Waals surface area contributed by atoms with E-state index in [1.807, 2.05) is 4.90 Å². The fourth-order valence-electron chi connectivity index (χ4n) is 2.55. The van der Waals surface area contributed by atoms with Crippen molar-refractivity contribution in [2.45, 2.75) is 33.2 Å². The topological polar surface area (TPSA) is 65.5 Å². The number of aromatic nitrogens is 1. The first-order valence-corrected chi connectivity index (χ1v) is 8.19. The van der Waals surface area contributed by atoms with Crippen molar-refractivity contribution in [3.05, 3.63) is 11.1 Å². The number of carbonyl (C=O) groups is 2. The molecule has 1 fully saturated rings. The monoisotopic (exact) mass is 310 g/mol. The molecule has 0 aromatic carbocycles. The maximum Gasteiger partial charge on any atom is 0.273 e. The van der Waals surface area contributed by atoms with Crippen LogP contribution in [0.3, 0.4) is 0 Å². The second-order valence-electron chi connectivity index (χ2n) is 5.17. The van der Waals surface area contributed by atoms with Gasteiger partial charge in [-0.2, -0.15) is 0 Å². The molecule has 1 atom stereocenters. The van der Waals surface area contributed by atoms with Gasteiger partial charge in [-0.15, -0.1) is 11.3 Å². The van der Waals surface area contributed by atoms with Crippen LogP contribution in [0.2, 0.25) is 0 Å². The van der Waals surface area contributed by atoms with Crippen LogP contribution in [0.4, 0.5) is 5.13 Å². The predicted octanol–water partition coefficient (Wildman–Crippen LogP) is 1.66. The molecule has 0 saturated carbocycles. The van der Waals surface area contributed by atoms with Crippen molar-refractivity contribution in [1.29, 1.82) is 0 Å². The summed E-state index contributed by atoms with van der Waals surface area (Å²) in [7, 11) is 0. The lowest BCUT2D eigenvalue weighted by Gasteiger charge is -2.40. The van der Waals surface area contributed by atoms with Crippen LogP contribution in [-0.2, 0) is 4.79 Å². The molecule has 21 heavy (non-hydrogen) atoms. The minimum Gasteiger partial charge on any atom is -0.332 e. The number of piperazine rings is 1. The average Bonchev–Trinajstić information content (AvgIpc) is 2.93. The Hall–Kier alpha value is -1.47. The normalized spacial score (nSPS) is 19.6. The number of amides is 2. The van der Waals surface area contributed by atoms with Gasteiger partial charge in [0.1, 0.15) is 5.69 Å². The molecule has 1 unspecified atom stereocenters. The minimum absolute atomic E-state index is 0.0366. The van der Waals surface area contributed by atoms with Crippen LogP contribution in [0.1, 0.15) is 37.7 Å². The van der Waals surface area contributed by atoms with Crippen LogP contribution >= 0.6 is 11.3 Å². The van der Waals surface area contributed by atoms with Gasteiger partial charge in [0.05, 0.1) is 0 Å². The number of likely N-dealkylation sites (N-methyl/N-ethyl adjacent to an activating group) is 1. The third-order valence-electron chi connectivity index (χ3n) is 3.75. The van der Waals surface area contributed by atoms with E-state index in [9.17, 15) is 9.59 Å². The Bertz CT molecular complexity index is 517. The summed E-state index contributed by atoms with van der Waals surface area (Å²) in [4.78, 5) is 32.1. The van der Waals surface area contributed by atoms with Gasteiger partial charge in [-0.05, 0) is 13.0 Å². The molecular formula is C14H22N4O2S. The van der Waals surface area contributed by atoms with Crippen molar-refractivity contribution in [3.8, 4) is 0 Å². The lowest BCUT2D eigenvalue weighted by atomic mass is 10.1. The zero-order valence-electron chi connectivity index (χ0n) is 12.8. The number of rotatable bonds is 4. The molecule has 1 saturated heterocycles. The van der Waals surface area contributed by atoms with E-state index in [1.54, 1.807) is 5.38 Å². The number of carbonyl (C=O) groups excluding carboxylic acids is 2. The second kappa shape index (κ2) is 7.00. The van der Waals surface area contributed by atoms with E-state index in [4.69, 9.17) is 0 Å². The summed E-state index contributed by atoms with van der Waals surface area (Å²) in [6.07, 6.45) is 0.935. The summed E-state index contributed by atoms with van der Waals surface area (Å²) in [6, 6.07) is 0.233. The fourth-order valence-corrected chi connectivity index (χ4v) is 3.28. The molecule has 2 heterocycles. The summed E-state index contributed by atoms with van der Waals surface area (Å²) in [5.41, 5.74) is 0.423. The molecule has 0 aliphatic carbocycles. The molecule has 0 spiro atoms. The second-order valence-corrected chi connectivity index (χ2v) is 6.03. The molecule has 1 aromatic rings. The van der Waals surface area contributed by atoms with E-state index in [0.717, 1.165) is 32.6 Å². The largest absolute Gasteiger partial charge is 0.332 e. The minimum atomic E-state index is -0.175. The first kappa shape index (κ1) is 15.9. The Morgan fingerprint density at radius 1 is 1.43 bits per heavy atom. The van der Waals surface area contributed by atoms with E-state index < -0.39 is 0 Å². The molecule has 2 rings (SSSR count). The Labute approximate surface area is 129 Å². The van der Waals surface area contributed by atoms with Gasteiger partial charge in [-0.25, -0.2) is 4.98 Å². The number of hydrogen-bond donors (Lipinski definition) is 1. The van der Waals surface area contributed by atoms with Gasteiger partial charge in [0.15, 0.2) is 5.13 Å². The van der Waals surface area contributed by atoms with Gasteiger partial charge in [-0.3, -0.25) is 14.5 Å². The van der Waals surface area contributed by atoms with Gasteiger partial charge in [-0.1, -0.05) is 13.8 Å². The Morgan fingerprint density at radius 3 is 2.81 bits per heavy atom. The Kier molecular flexibility index (Phi) is 5.30. The summed E-state index contributed by atoms with van der Waals surface area (Å²) in [5.74, 6) is -0.211. The van der Waals surface area contributed by atoms with Crippen LogP contribution in [0, 0.1) is 0 Å². The van der Waals surface area contributed by atoms with Crippen LogP contribution in [0.15, 0.2) is 5.38 Å². The van der Waals surface area contributed by atoms with Crippen LogP contribution < -0.4 is 5.32 Å². The molecule has 7 heteroatoms. The fraction of sp³-hybridized carbons (Fsp3) is 0.643. The number of hydrogen-bond acceptors (Lipinski definition) is 5. The number of nitrogens with zero attached hydrogens (tertiary/aromatic N) is 3. The lowest BCUT2D eigenvalue weighted by molar-refractivity contribution is -0.114. The standard InChI is InChI=1S/C14H22N4O2S/c1-4-11-8-17(5-2)6-7-18(11)13(20)12-9-21-14(16-12)15-10(3)19/h9,11H,4-8H2,1-3H3,(H,15,16,19). The van der Waals surface area contributed by atoms with Crippen molar-refractivity contribution >= 4 is 28.3 Å². The first-order valence-electron chi connectivity index (χ1n) is 7.31. The van der Waals surface area contributed by atoms with E-state index in [-0.39, 0.29) is 17.9 Å². The van der Waals surface area contributed by atoms with Crippen LogP contribution in [0.25, 0.3) is 0 Å². The van der Waals surface area contributed by atoms with E-state index in [0.29, 0.717) is 10.8 Å². The number of anilines is 1. The maximum atomic E-state index is 12.6. The smallest absolute Gasteiger partial charge is 0.273 e. The Balaban J connectivity index is 2.08. The molecule has 2 amide bonds. The molecule has 6 nitrogen and oxygen atoms in total. The van der Waals surface area contributed by atoms with Crippen molar-refractivity contribution < 1.29 is 9.59 Å². The predicted molar refractivity (Wildman–Crippen MR) is 83.6 cm³/mol. The zero-order valence-corrected chi connectivity index (χ0v) is 13.6. The molecular weight excluding hydrogens is 288 g/mol. The van der Waals surface area contributed by atoms with Crippen molar-refractivity contribution in [1.82, 2.24) is 14.8 Å². The summed E-state index contributed by atoms with van der Waals surface area (Å²) >= 11 is 1.28. The molecule has 0 radical (unpaired) electrons. The summed E-state index contributed by atoms with van der Waals surface area (Å²) in [6.45, 7) is 9.25. The average molecular weight is 310 g/mol. The van der Waals surface area contributed by atoms with E-state index in [1.165, 1.54) is 18.3 Å². The molecule has 0 bridgehead atoms. The van der Waals surface area contributed by atoms with Gasteiger partial charge in [0, 0.05) is 38.0 Å². The quantitative estimate of drug-likeness (QED) is 0.918. The van der Waals surface area contributed by atoms with Gasteiger partial charge in [0.25, 0.3) is 5.91 Å². The molecule has 1 aromatic heterocycles. The van der Waals surface area contributed by atoms with Crippen LogP contribution in [0.5, 0.6) is 0 Å². The summed E-state index contributed by atoms with van der Waals surface area (Å²) in [5, 5.41) is 4.81. The van der Waals surface area contributed by atoms with Crippen molar-refractivity contribution in [2.24, 2.45) is 0 Å². The highest BCUT2D eigenvalue weighted by molar-refractivity contribution is 7.14. The van der Waals surface area contributed by atoms with Crippen molar-refractivity contribution in [3.63, 3.8) is 0 Å². The van der Waals surface area contributed by atoms with Crippen LogP contribution in [-0.4, -0.2) is 58.8 Å². The van der Waals surface area contributed by atoms with Gasteiger partial charge in [0.2, 0.25) is 5.91 Å².